The molecule has 0 aliphatic carbocycles. The van der Waals surface area contributed by atoms with Crippen LogP contribution in [0.4, 0.5) is 11.4 Å². The molecule has 6 heteroatoms. The maximum absolute atomic E-state index is 10.8. The Bertz CT molecular complexity index is 1070. The Hall–Kier alpha value is -3.01. The molecule has 4 rings (SSSR count). The molecular weight excluding hydrogens is 442 g/mol. The third-order valence-electron chi connectivity index (χ3n) is 5.55. The van der Waals surface area contributed by atoms with E-state index in [1.165, 1.54) is 5.69 Å². The van der Waals surface area contributed by atoms with E-state index >= 15 is 0 Å². The van der Waals surface area contributed by atoms with Crippen LogP contribution in [-0.4, -0.2) is 36.4 Å². The van der Waals surface area contributed by atoms with E-state index in [0.29, 0.717) is 11.1 Å². The number of hydrogen-bond donors (Lipinski definition) is 2. The molecular formula is C24H22BrN3O2. The largest absolute Gasteiger partial charge is 0.507 e. The van der Waals surface area contributed by atoms with Gasteiger partial charge in [-0.3, -0.25) is 0 Å². The average Bonchev–Trinajstić information content (AvgIpc) is 2.80. The molecule has 3 aromatic carbocycles. The van der Waals surface area contributed by atoms with Gasteiger partial charge in [0.1, 0.15) is 11.8 Å². The van der Waals surface area contributed by atoms with Crippen LogP contribution in [0.15, 0.2) is 65.1 Å². The predicted octanol–water partition coefficient (Wildman–Crippen LogP) is 4.51. The van der Waals surface area contributed by atoms with E-state index < -0.39 is 6.61 Å². The van der Waals surface area contributed by atoms with Gasteiger partial charge in [0.15, 0.2) is 0 Å². The van der Waals surface area contributed by atoms with Gasteiger partial charge in [-0.25, -0.2) is 0 Å². The Morgan fingerprint density at radius 3 is 2.17 bits per heavy atom. The fourth-order valence-corrected chi connectivity index (χ4v) is 4.20. The number of aliphatic hydroxyl groups is 1. The van der Waals surface area contributed by atoms with E-state index in [9.17, 15) is 15.5 Å². The quantitative estimate of drug-likeness (QED) is 0.595. The number of anilines is 2. The van der Waals surface area contributed by atoms with Gasteiger partial charge in [0.25, 0.3) is 0 Å². The highest BCUT2D eigenvalue weighted by molar-refractivity contribution is 9.10. The van der Waals surface area contributed by atoms with E-state index in [-0.39, 0.29) is 11.3 Å². The number of phenols is 1. The van der Waals surface area contributed by atoms with Gasteiger partial charge >= 0.3 is 0 Å². The van der Waals surface area contributed by atoms with Crippen molar-refractivity contribution in [3.05, 3.63) is 76.3 Å². The standard InChI is InChI=1S/C24H22BrN3O2/c25-18-8-6-17(7-9-18)20-14-23(21(15-26)22(16-29)24(20)30)28-12-10-27(11-13-28)19-4-2-1-3-5-19/h1-9,14,29-30H,10-13,16H2. The molecule has 1 aliphatic rings. The number of nitriles is 1. The molecule has 0 aromatic heterocycles. The summed E-state index contributed by atoms with van der Waals surface area (Å²) >= 11 is 3.43. The maximum Gasteiger partial charge on any atom is 0.130 e. The number of para-hydroxylation sites is 1. The lowest BCUT2D eigenvalue weighted by Crippen LogP contribution is -2.46. The fraction of sp³-hybridized carbons (Fsp3) is 0.208. The first-order valence-corrected chi connectivity index (χ1v) is 10.6. The van der Waals surface area contributed by atoms with Crippen molar-refractivity contribution >= 4 is 27.3 Å². The second-order valence-corrected chi connectivity index (χ2v) is 8.15. The summed E-state index contributed by atoms with van der Waals surface area (Å²) in [6, 6.07) is 22.0. The Morgan fingerprint density at radius 1 is 0.933 bits per heavy atom. The zero-order chi connectivity index (χ0) is 21.1. The Balaban J connectivity index is 1.70. The summed E-state index contributed by atoms with van der Waals surface area (Å²) in [6.07, 6.45) is 0. The predicted molar refractivity (Wildman–Crippen MR) is 123 cm³/mol. The highest BCUT2D eigenvalue weighted by atomic mass is 79.9. The first-order valence-electron chi connectivity index (χ1n) is 9.83. The molecule has 1 saturated heterocycles. The molecule has 30 heavy (non-hydrogen) atoms. The number of aliphatic hydroxyl groups excluding tert-OH is 1. The van der Waals surface area contributed by atoms with Crippen LogP contribution in [-0.2, 0) is 6.61 Å². The van der Waals surface area contributed by atoms with E-state index in [1.807, 2.05) is 48.5 Å². The Kier molecular flexibility index (Phi) is 5.93. The van der Waals surface area contributed by atoms with Crippen LogP contribution in [0.5, 0.6) is 5.75 Å². The van der Waals surface area contributed by atoms with Crippen LogP contribution in [0.25, 0.3) is 11.1 Å². The highest BCUT2D eigenvalue weighted by Gasteiger charge is 2.24. The van der Waals surface area contributed by atoms with Crippen LogP contribution < -0.4 is 9.80 Å². The summed E-state index contributed by atoms with van der Waals surface area (Å²) in [7, 11) is 0. The fourth-order valence-electron chi connectivity index (χ4n) is 3.93. The van der Waals surface area contributed by atoms with Crippen molar-refractivity contribution in [2.75, 3.05) is 36.0 Å². The first kappa shape index (κ1) is 20.3. The molecule has 0 bridgehead atoms. The van der Waals surface area contributed by atoms with Gasteiger partial charge in [-0.1, -0.05) is 46.3 Å². The average molecular weight is 464 g/mol. The van der Waals surface area contributed by atoms with Gasteiger partial charge in [0.2, 0.25) is 0 Å². The van der Waals surface area contributed by atoms with Crippen LogP contribution in [0.2, 0.25) is 0 Å². The van der Waals surface area contributed by atoms with Gasteiger partial charge in [0.05, 0.1) is 17.9 Å². The number of halogens is 1. The number of aromatic hydroxyl groups is 1. The molecule has 0 unspecified atom stereocenters. The van der Waals surface area contributed by atoms with Crippen molar-refractivity contribution in [2.24, 2.45) is 0 Å². The van der Waals surface area contributed by atoms with E-state index in [4.69, 9.17) is 0 Å². The molecule has 2 N–H and O–H groups in total. The highest BCUT2D eigenvalue weighted by Crippen LogP contribution is 2.40. The molecule has 0 radical (unpaired) electrons. The summed E-state index contributed by atoms with van der Waals surface area (Å²) in [5.74, 6) is -0.0388. The number of piperazine rings is 1. The monoisotopic (exact) mass is 463 g/mol. The lowest BCUT2D eigenvalue weighted by Gasteiger charge is -2.38. The van der Waals surface area contributed by atoms with Crippen molar-refractivity contribution in [1.29, 1.82) is 5.26 Å². The van der Waals surface area contributed by atoms with E-state index in [1.54, 1.807) is 0 Å². The van der Waals surface area contributed by atoms with Crippen LogP contribution in [0.1, 0.15) is 11.1 Å². The first-order chi connectivity index (χ1) is 14.6. The van der Waals surface area contributed by atoms with Crippen molar-refractivity contribution in [3.8, 4) is 22.9 Å². The lowest BCUT2D eigenvalue weighted by molar-refractivity contribution is 0.275. The summed E-state index contributed by atoms with van der Waals surface area (Å²) < 4.78 is 0.944. The van der Waals surface area contributed by atoms with Crippen LogP contribution >= 0.6 is 15.9 Å². The smallest absolute Gasteiger partial charge is 0.130 e. The molecule has 1 aliphatic heterocycles. The maximum atomic E-state index is 10.8. The Labute approximate surface area is 184 Å². The van der Waals surface area contributed by atoms with Gasteiger partial charge in [-0.15, -0.1) is 0 Å². The topological polar surface area (TPSA) is 70.7 Å². The molecule has 5 nitrogen and oxygen atoms in total. The molecule has 0 atom stereocenters. The molecule has 152 valence electrons. The normalized spacial score (nSPS) is 13.9. The van der Waals surface area contributed by atoms with Crippen LogP contribution in [0, 0.1) is 11.3 Å². The number of hydrogen-bond acceptors (Lipinski definition) is 5. The third kappa shape index (κ3) is 3.87. The van der Waals surface area contributed by atoms with E-state index in [2.05, 4.69) is 43.9 Å². The van der Waals surface area contributed by atoms with Gasteiger partial charge in [0, 0.05) is 47.5 Å². The lowest BCUT2D eigenvalue weighted by atomic mass is 9.95. The van der Waals surface area contributed by atoms with Crippen molar-refractivity contribution in [1.82, 2.24) is 0 Å². The molecule has 0 spiro atoms. The van der Waals surface area contributed by atoms with E-state index in [0.717, 1.165) is 41.9 Å². The second-order valence-electron chi connectivity index (χ2n) is 7.23. The number of nitrogens with zero attached hydrogens (tertiary/aromatic N) is 3. The second kappa shape index (κ2) is 8.78. The minimum atomic E-state index is -0.393. The summed E-state index contributed by atoms with van der Waals surface area (Å²) in [4.78, 5) is 4.49. The molecule has 1 fully saturated rings. The number of benzene rings is 3. The summed E-state index contributed by atoms with van der Waals surface area (Å²) in [5.41, 5.74) is 4.01. The van der Waals surface area contributed by atoms with Gasteiger partial charge in [-0.2, -0.15) is 5.26 Å². The van der Waals surface area contributed by atoms with Crippen LogP contribution in [0.3, 0.4) is 0 Å². The summed E-state index contributed by atoms with van der Waals surface area (Å²) in [5, 5.41) is 30.5. The minimum absolute atomic E-state index is 0.0388. The van der Waals surface area contributed by atoms with Gasteiger partial charge in [-0.05, 0) is 35.9 Å². The van der Waals surface area contributed by atoms with Crippen molar-refractivity contribution in [2.45, 2.75) is 6.61 Å². The SMILES string of the molecule is N#Cc1c(N2CCN(c3ccccc3)CC2)cc(-c2ccc(Br)cc2)c(O)c1CO. The molecule has 0 amide bonds. The molecule has 0 saturated carbocycles. The zero-order valence-electron chi connectivity index (χ0n) is 16.4. The third-order valence-corrected chi connectivity index (χ3v) is 6.08. The molecule has 1 heterocycles. The van der Waals surface area contributed by atoms with Gasteiger partial charge < -0.3 is 20.0 Å². The number of rotatable bonds is 4. The Morgan fingerprint density at radius 2 is 1.57 bits per heavy atom. The van der Waals surface area contributed by atoms with Crippen molar-refractivity contribution in [3.63, 3.8) is 0 Å². The zero-order valence-corrected chi connectivity index (χ0v) is 18.0. The minimum Gasteiger partial charge on any atom is -0.507 e. The summed E-state index contributed by atoms with van der Waals surface area (Å²) in [6.45, 7) is 2.77. The molecule has 3 aromatic rings. The van der Waals surface area contributed by atoms with Crippen molar-refractivity contribution < 1.29 is 10.2 Å².